The molecule has 1 aliphatic carbocycles. The van der Waals surface area contributed by atoms with Gasteiger partial charge in [0.1, 0.15) is 11.2 Å². The van der Waals surface area contributed by atoms with E-state index in [2.05, 4.69) is 9.97 Å². The summed E-state index contributed by atoms with van der Waals surface area (Å²) in [5.74, 6) is 0.00982. The maximum Gasteiger partial charge on any atom is 0.333 e. The van der Waals surface area contributed by atoms with Crippen LogP contribution < -0.4 is 20.9 Å². The Bertz CT molecular complexity index is 1200. The second-order valence-corrected chi connectivity index (χ2v) is 7.74. The van der Waals surface area contributed by atoms with E-state index in [4.69, 9.17) is 4.74 Å². The zero-order chi connectivity index (χ0) is 20.1. The van der Waals surface area contributed by atoms with Crippen molar-refractivity contribution in [2.24, 2.45) is 0 Å². The van der Waals surface area contributed by atoms with E-state index >= 15 is 4.39 Å². The highest BCUT2D eigenvalue weighted by molar-refractivity contribution is 5.78. The molecule has 0 radical (unpaired) electrons. The van der Waals surface area contributed by atoms with Crippen LogP contribution in [0.5, 0.6) is 5.75 Å². The van der Waals surface area contributed by atoms with Crippen molar-refractivity contribution in [3.8, 4) is 5.75 Å². The van der Waals surface area contributed by atoms with E-state index < -0.39 is 17.1 Å². The van der Waals surface area contributed by atoms with Gasteiger partial charge in [-0.15, -0.1) is 0 Å². The molecule has 0 aromatic carbocycles. The van der Waals surface area contributed by atoms with Crippen LogP contribution >= 0.6 is 0 Å². The molecular formula is C21H21FN4O3. The smallest absolute Gasteiger partial charge is 0.333 e. The fourth-order valence-corrected chi connectivity index (χ4v) is 4.41. The number of pyridine rings is 2. The van der Waals surface area contributed by atoms with Crippen molar-refractivity contribution < 1.29 is 9.13 Å². The lowest BCUT2D eigenvalue weighted by molar-refractivity contribution is 0.413. The number of nitrogens with one attached hydrogen (secondary N) is 1. The summed E-state index contributed by atoms with van der Waals surface area (Å²) in [5, 5.41) is 0. The van der Waals surface area contributed by atoms with Gasteiger partial charge in [0.25, 0.3) is 5.56 Å². The van der Waals surface area contributed by atoms with E-state index in [0.717, 1.165) is 31.0 Å². The van der Waals surface area contributed by atoms with Crippen LogP contribution in [0.25, 0.3) is 5.52 Å². The predicted molar refractivity (Wildman–Crippen MR) is 107 cm³/mol. The summed E-state index contributed by atoms with van der Waals surface area (Å²) in [6.45, 7) is 1.26. The summed E-state index contributed by atoms with van der Waals surface area (Å²) >= 11 is 0. The zero-order valence-electron chi connectivity index (χ0n) is 16.0. The third-order valence-corrected chi connectivity index (χ3v) is 5.93. The molecule has 1 saturated heterocycles. The maximum absolute atomic E-state index is 15.2. The average molecular weight is 396 g/mol. The summed E-state index contributed by atoms with van der Waals surface area (Å²) in [6.07, 6.45) is 7.34. The van der Waals surface area contributed by atoms with Gasteiger partial charge in [0, 0.05) is 37.0 Å². The molecule has 0 bridgehead atoms. The van der Waals surface area contributed by atoms with Gasteiger partial charge in [-0.05, 0) is 36.8 Å². The molecule has 0 amide bonds. The number of aromatic nitrogens is 3. The van der Waals surface area contributed by atoms with Gasteiger partial charge in [0.2, 0.25) is 0 Å². The Kier molecular flexibility index (Phi) is 4.15. The molecule has 1 unspecified atom stereocenters. The van der Waals surface area contributed by atoms with E-state index in [9.17, 15) is 9.59 Å². The molecule has 29 heavy (non-hydrogen) atoms. The third-order valence-electron chi connectivity index (χ3n) is 5.93. The Labute approximate surface area is 165 Å². The van der Waals surface area contributed by atoms with Gasteiger partial charge >= 0.3 is 5.69 Å². The van der Waals surface area contributed by atoms with Gasteiger partial charge in [0.05, 0.1) is 13.3 Å². The Balaban J connectivity index is 1.67. The van der Waals surface area contributed by atoms with Gasteiger partial charge in [0.15, 0.2) is 11.6 Å². The molecule has 0 spiro atoms. The van der Waals surface area contributed by atoms with E-state index in [1.54, 1.807) is 6.20 Å². The number of nitrogens with zero attached hydrogens (tertiary/aromatic N) is 3. The Morgan fingerprint density at radius 1 is 1.24 bits per heavy atom. The second-order valence-electron chi connectivity index (χ2n) is 7.74. The second kappa shape index (κ2) is 6.72. The summed E-state index contributed by atoms with van der Waals surface area (Å²) in [4.78, 5) is 33.3. The van der Waals surface area contributed by atoms with Gasteiger partial charge in [-0.1, -0.05) is 6.07 Å². The van der Waals surface area contributed by atoms with E-state index in [1.165, 1.54) is 11.5 Å². The lowest BCUT2D eigenvalue weighted by atomic mass is 10.0. The fourth-order valence-electron chi connectivity index (χ4n) is 4.41. The average Bonchev–Trinajstić information content (AvgIpc) is 3.44. The highest BCUT2D eigenvalue weighted by Gasteiger charge is 2.34. The molecule has 7 nitrogen and oxygen atoms in total. The molecule has 8 heteroatoms. The minimum absolute atomic E-state index is 0.0725. The molecule has 2 fully saturated rings. The first-order valence-corrected chi connectivity index (χ1v) is 9.78. The standard InChI is InChI=1S/C21H21FN4O3/c1-29-19-17(25-8-6-14(10-25)13-3-2-7-23-9-13)15(22)11-26-18(19)16(12-4-5-12)20(27)24-21(26)28/h2-3,7,9,11-12,14H,4-6,8,10H2,1H3,(H,24,27,28). The number of hydrogen-bond donors (Lipinski definition) is 1. The van der Waals surface area contributed by atoms with Crippen LogP contribution in [0, 0.1) is 5.82 Å². The molecule has 150 valence electrons. The Morgan fingerprint density at radius 3 is 2.76 bits per heavy atom. The van der Waals surface area contributed by atoms with Crippen LogP contribution in [0.4, 0.5) is 10.1 Å². The van der Waals surface area contributed by atoms with E-state index in [1.807, 2.05) is 23.2 Å². The van der Waals surface area contributed by atoms with Crippen LogP contribution in [0.1, 0.15) is 42.2 Å². The number of anilines is 1. The summed E-state index contributed by atoms with van der Waals surface area (Å²) in [7, 11) is 1.45. The largest absolute Gasteiger partial charge is 0.492 e. The number of halogens is 1. The summed E-state index contributed by atoms with van der Waals surface area (Å²) < 4.78 is 22.0. The molecule has 2 aliphatic rings. The minimum Gasteiger partial charge on any atom is -0.492 e. The number of ether oxygens (including phenoxy) is 1. The van der Waals surface area contributed by atoms with Crippen molar-refractivity contribution >= 4 is 11.2 Å². The number of aromatic amines is 1. The van der Waals surface area contributed by atoms with Crippen molar-refractivity contribution in [3.05, 3.63) is 68.5 Å². The monoisotopic (exact) mass is 396 g/mol. The zero-order valence-corrected chi connectivity index (χ0v) is 16.0. The van der Waals surface area contributed by atoms with Crippen LogP contribution in [0.2, 0.25) is 0 Å². The first kappa shape index (κ1) is 17.9. The van der Waals surface area contributed by atoms with Gasteiger partial charge in [-0.3, -0.25) is 19.2 Å². The fraction of sp³-hybridized carbons (Fsp3) is 0.381. The molecule has 1 aliphatic heterocycles. The maximum atomic E-state index is 15.2. The van der Waals surface area contributed by atoms with Crippen LogP contribution in [0.15, 0.2) is 40.3 Å². The Morgan fingerprint density at radius 2 is 2.07 bits per heavy atom. The van der Waals surface area contributed by atoms with E-state index in [0.29, 0.717) is 29.9 Å². The number of fused-ring (bicyclic) bond motifs is 1. The number of H-pyrrole nitrogens is 1. The quantitative estimate of drug-likeness (QED) is 0.733. The molecule has 3 aromatic rings. The normalized spacial score (nSPS) is 19.1. The van der Waals surface area contributed by atoms with Crippen molar-refractivity contribution in [1.29, 1.82) is 0 Å². The van der Waals surface area contributed by atoms with Gasteiger partial charge < -0.3 is 9.64 Å². The number of rotatable bonds is 4. The first-order valence-electron chi connectivity index (χ1n) is 9.78. The van der Waals surface area contributed by atoms with Gasteiger partial charge in [-0.25, -0.2) is 9.18 Å². The third kappa shape index (κ3) is 2.90. The van der Waals surface area contributed by atoms with E-state index in [-0.39, 0.29) is 17.6 Å². The highest BCUT2D eigenvalue weighted by atomic mass is 19.1. The minimum atomic E-state index is -0.659. The van der Waals surface area contributed by atoms with Crippen molar-refractivity contribution in [2.45, 2.75) is 31.1 Å². The highest BCUT2D eigenvalue weighted by Crippen LogP contribution is 2.45. The van der Waals surface area contributed by atoms with Crippen molar-refractivity contribution in [2.75, 3.05) is 25.1 Å². The number of methoxy groups -OCH3 is 1. The first-order chi connectivity index (χ1) is 14.1. The summed E-state index contributed by atoms with van der Waals surface area (Å²) in [6, 6.07) is 3.93. The van der Waals surface area contributed by atoms with Crippen LogP contribution in [-0.2, 0) is 0 Å². The number of hydrogen-bond acceptors (Lipinski definition) is 5. The lowest BCUT2D eigenvalue weighted by Crippen LogP contribution is -2.30. The summed E-state index contributed by atoms with van der Waals surface area (Å²) in [5.41, 5.74) is 1.23. The molecule has 1 saturated carbocycles. The Hall–Kier alpha value is -3.16. The molecule has 1 atom stereocenters. The van der Waals surface area contributed by atoms with Crippen molar-refractivity contribution in [1.82, 2.24) is 14.4 Å². The molecule has 5 rings (SSSR count). The molecular weight excluding hydrogens is 375 g/mol. The predicted octanol–water partition coefficient (Wildman–Crippen LogP) is 2.40. The lowest BCUT2D eigenvalue weighted by Gasteiger charge is -2.24. The topological polar surface area (TPSA) is 79.7 Å². The van der Waals surface area contributed by atoms with Gasteiger partial charge in [-0.2, -0.15) is 0 Å². The molecule has 1 N–H and O–H groups in total. The van der Waals surface area contributed by atoms with Crippen LogP contribution in [-0.4, -0.2) is 34.6 Å². The van der Waals surface area contributed by atoms with Crippen LogP contribution in [0.3, 0.4) is 0 Å². The van der Waals surface area contributed by atoms with Crippen molar-refractivity contribution in [3.63, 3.8) is 0 Å². The molecule has 4 heterocycles. The SMILES string of the molecule is COc1c(N2CCC(c3cccnc3)C2)c(F)cn2c(=O)[nH]c(=O)c(C3CC3)c12. The molecule has 3 aromatic heterocycles.